The molecule has 2 heterocycles. The van der Waals surface area contributed by atoms with Crippen molar-refractivity contribution in [1.82, 2.24) is 9.55 Å². The van der Waals surface area contributed by atoms with E-state index >= 15 is 0 Å². The highest BCUT2D eigenvalue weighted by molar-refractivity contribution is 6.77. The Bertz CT molecular complexity index is 1020. The number of imidazole rings is 1. The Balaban J connectivity index is 1.73. The van der Waals surface area contributed by atoms with Gasteiger partial charge in [0.1, 0.15) is 6.61 Å². The number of benzene rings is 1. The molecule has 0 bridgehead atoms. The monoisotopic (exact) mass is 500 g/mol. The van der Waals surface area contributed by atoms with Crippen LogP contribution in [0.2, 0.25) is 16.6 Å². The SMILES string of the molecule is CC(C)[Si](OCC1(n2c(N)nc3cc(N4CCOCC4=O)ccc32)CCCCC1)(C(C)C)C(C)C. The third kappa shape index (κ3) is 4.65. The Morgan fingerprint density at radius 3 is 2.34 bits per heavy atom. The number of nitrogens with zero attached hydrogens (tertiary/aromatic N) is 3. The summed E-state index contributed by atoms with van der Waals surface area (Å²) in [5.41, 5.74) is 10.8. The first-order chi connectivity index (χ1) is 16.6. The van der Waals surface area contributed by atoms with Gasteiger partial charge in [-0.15, -0.1) is 0 Å². The number of anilines is 2. The van der Waals surface area contributed by atoms with Gasteiger partial charge in [-0.25, -0.2) is 4.98 Å². The lowest BCUT2D eigenvalue weighted by Crippen LogP contribution is -2.52. The number of nitrogens with two attached hydrogens (primary N) is 1. The maximum absolute atomic E-state index is 12.4. The molecule has 0 radical (unpaired) electrons. The van der Waals surface area contributed by atoms with Crippen LogP contribution >= 0.6 is 0 Å². The van der Waals surface area contributed by atoms with Crippen LogP contribution in [0.15, 0.2) is 18.2 Å². The van der Waals surface area contributed by atoms with E-state index in [4.69, 9.17) is 19.9 Å². The summed E-state index contributed by atoms with van der Waals surface area (Å²) < 4.78 is 14.8. The quantitative estimate of drug-likeness (QED) is 0.461. The summed E-state index contributed by atoms with van der Waals surface area (Å²) in [6.45, 7) is 16.0. The van der Waals surface area contributed by atoms with Crippen LogP contribution in [0, 0.1) is 0 Å². The third-order valence-electron chi connectivity index (χ3n) is 8.52. The highest BCUT2D eigenvalue weighted by Gasteiger charge is 2.48. The fourth-order valence-corrected chi connectivity index (χ4v) is 12.5. The van der Waals surface area contributed by atoms with Crippen molar-refractivity contribution in [3.05, 3.63) is 18.2 Å². The number of aromatic nitrogens is 2. The Labute approximate surface area is 211 Å². The highest BCUT2D eigenvalue weighted by Crippen LogP contribution is 2.46. The van der Waals surface area contributed by atoms with Crippen LogP contribution in [-0.4, -0.2) is 50.1 Å². The van der Waals surface area contributed by atoms with Crippen molar-refractivity contribution >= 4 is 36.9 Å². The number of amides is 1. The van der Waals surface area contributed by atoms with Crippen LogP contribution in [0.3, 0.4) is 0 Å². The second kappa shape index (κ2) is 10.2. The molecule has 2 aromatic rings. The molecule has 35 heavy (non-hydrogen) atoms. The largest absolute Gasteiger partial charge is 0.414 e. The van der Waals surface area contributed by atoms with Crippen LogP contribution in [0.25, 0.3) is 11.0 Å². The van der Waals surface area contributed by atoms with Gasteiger partial charge in [-0.1, -0.05) is 60.8 Å². The van der Waals surface area contributed by atoms with Gasteiger partial charge in [0.25, 0.3) is 5.91 Å². The Kier molecular flexibility index (Phi) is 7.64. The molecule has 1 aromatic carbocycles. The summed E-state index contributed by atoms with van der Waals surface area (Å²) in [6.07, 6.45) is 5.68. The van der Waals surface area contributed by atoms with Gasteiger partial charge in [-0.05, 0) is 47.7 Å². The number of fused-ring (bicyclic) bond motifs is 1. The molecule has 1 saturated heterocycles. The smallest absolute Gasteiger partial charge is 0.253 e. The van der Waals surface area contributed by atoms with Crippen molar-refractivity contribution < 1.29 is 14.0 Å². The van der Waals surface area contributed by atoms with E-state index in [2.05, 4.69) is 52.2 Å². The van der Waals surface area contributed by atoms with Crippen LogP contribution in [-0.2, 0) is 19.5 Å². The average molecular weight is 501 g/mol. The lowest BCUT2D eigenvalue weighted by molar-refractivity contribution is -0.125. The summed E-state index contributed by atoms with van der Waals surface area (Å²) in [4.78, 5) is 19.0. The molecular weight excluding hydrogens is 456 g/mol. The standard InChI is InChI=1S/C27H44N4O3Si/c1-19(2)35(20(3)4,21(5)6)34-18-27(12-8-7-9-13-27)31-24-11-10-22(16-23(24)29-26(31)28)30-14-15-33-17-25(30)32/h10-11,16,19-21H,7-9,12-15,17-18H2,1-6H3,(H2,28,29). The molecule has 0 atom stereocenters. The van der Waals surface area contributed by atoms with Gasteiger partial charge in [0.15, 0.2) is 8.32 Å². The molecule has 8 heteroatoms. The first kappa shape index (κ1) is 26.2. The first-order valence-electron chi connectivity index (χ1n) is 13.4. The Morgan fingerprint density at radius 1 is 1.09 bits per heavy atom. The number of carbonyl (C=O) groups excluding carboxylic acids is 1. The van der Waals surface area contributed by atoms with Gasteiger partial charge >= 0.3 is 0 Å². The molecule has 1 aliphatic heterocycles. The number of morpholine rings is 1. The van der Waals surface area contributed by atoms with Crippen molar-refractivity contribution in [2.45, 2.75) is 95.8 Å². The molecule has 0 unspecified atom stereocenters. The molecule has 194 valence electrons. The van der Waals surface area contributed by atoms with E-state index < -0.39 is 8.32 Å². The van der Waals surface area contributed by atoms with E-state index in [0.29, 0.717) is 42.3 Å². The summed E-state index contributed by atoms with van der Waals surface area (Å²) in [6, 6.07) is 6.11. The first-order valence-corrected chi connectivity index (χ1v) is 15.6. The average Bonchev–Trinajstić information content (AvgIpc) is 3.15. The molecule has 1 aromatic heterocycles. The number of rotatable bonds is 8. The Hall–Kier alpha value is -1.90. The van der Waals surface area contributed by atoms with Gasteiger partial charge < -0.3 is 24.4 Å². The number of carbonyl (C=O) groups is 1. The predicted octanol–water partition coefficient (Wildman–Crippen LogP) is 5.83. The summed E-state index contributed by atoms with van der Waals surface area (Å²) in [5.74, 6) is 0.527. The molecule has 0 spiro atoms. The van der Waals surface area contributed by atoms with Gasteiger partial charge in [0.05, 0.1) is 29.8 Å². The number of ether oxygens (including phenoxy) is 1. The van der Waals surface area contributed by atoms with Gasteiger partial charge in [-0.3, -0.25) is 4.79 Å². The van der Waals surface area contributed by atoms with E-state index in [1.165, 1.54) is 19.3 Å². The molecule has 2 fully saturated rings. The molecule has 1 saturated carbocycles. The van der Waals surface area contributed by atoms with Crippen molar-refractivity contribution in [2.24, 2.45) is 0 Å². The predicted molar refractivity (Wildman–Crippen MR) is 145 cm³/mol. The van der Waals surface area contributed by atoms with Crippen molar-refractivity contribution in [1.29, 1.82) is 0 Å². The van der Waals surface area contributed by atoms with Gasteiger partial charge in [-0.2, -0.15) is 0 Å². The minimum Gasteiger partial charge on any atom is -0.414 e. The van der Waals surface area contributed by atoms with Gasteiger partial charge in [0, 0.05) is 12.2 Å². The Morgan fingerprint density at radius 2 is 1.74 bits per heavy atom. The van der Waals surface area contributed by atoms with Crippen molar-refractivity contribution in [2.75, 3.05) is 37.0 Å². The maximum atomic E-state index is 12.4. The minimum absolute atomic E-state index is 0.0162. The summed E-state index contributed by atoms with van der Waals surface area (Å²) in [5, 5.41) is 0. The topological polar surface area (TPSA) is 82.6 Å². The second-order valence-corrected chi connectivity index (χ2v) is 16.9. The molecule has 2 aliphatic rings. The van der Waals surface area contributed by atoms with E-state index in [9.17, 15) is 4.79 Å². The lowest BCUT2D eigenvalue weighted by Gasteiger charge is -2.47. The lowest BCUT2D eigenvalue weighted by atomic mass is 9.82. The van der Waals surface area contributed by atoms with E-state index in [1.807, 2.05) is 12.1 Å². The minimum atomic E-state index is -2.03. The van der Waals surface area contributed by atoms with E-state index in [-0.39, 0.29) is 18.1 Å². The number of hydrogen-bond acceptors (Lipinski definition) is 5. The normalized spacial score (nSPS) is 19.5. The van der Waals surface area contributed by atoms with Crippen LogP contribution < -0.4 is 10.6 Å². The van der Waals surface area contributed by atoms with Crippen LogP contribution in [0.5, 0.6) is 0 Å². The third-order valence-corrected chi connectivity index (χ3v) is 14.6. The maximum Gasteiger partial charge on any atom is 0.253 e. The number of hydrogen-bond donors (Lipinski definition) is 1. The fraction of sp³-hybridized carbons (Fsp3) is 0.704. The van der Waals surface area contributed by atoms with E-state index in [1.54, 1.807) is 4.90 Å². The van der Waals surface area contributed by atoms with Crippen molar-refractivity contribution in [3.63, 3.8) is 0 Å². The molecular formula is C27H44N4O3Si. The highest BCUT2D eigenvalue weighted by atomic mass is 28.4. The molecule has 1 amide bonds. The summed E-state index contributed by atoms with van der Waals surface area (Å²) in [7, 11) is -2.03. The van der Waals surface area contributed by atoms with Crippen LogP contribution in [0.1, 0.15) is 73.6 Å². The molecule has 1 aliphatic carbocycles. The van der Waals surface area contributed by atoms with Gasteiger partial charge in [0.2, 0.25) is 5.95 Å². The number of nitrogen functional groups attached to an aromatic ring is 1. The zero-order chi connectivity index (χ0) is 25.4. The van der Waals surface area contributed by atoms with Crippen molar-refractivity contribution in [3.8, 4) is 0 Å². The van der Waals surface area contributed by atoms with Crippen LogP contribution in [0.4, 0.5) is 11.6 Å². The summed E-state index contributed by atoms with van der Waals surface area (Å²) >= 11 is 0. The molecule has 4 rings (SSSR count). The molecule has 2 N–H and O–H groups in total. The second-order valence-electron chi connectivity index (χ2n) is 11.5. The van der Waals surface area contributed by atoms with E-state index in [0.717, 1.165) is 29.6 Å². The fourth-order valence-electron chi connectivity index (χ4n) is 6.95. The zero-order valence-corrected chi connectivity index (χ0v) is 23.5. The zero-order valence-electron chi connectivity index (χ0n) is 22.5. The molecule has 7 nitrogen and oxygen atoms in total.